The Morgan fingerprint density at radius 2 is 1.92 bits per heavy atom. The maximum absolute atomic E-state index is 12.1. The van der Waals surface area contributed by atoms with Crippen molar-refractivity contribution in [3.05, 3.63) is 73.7 Å². The molecule has 0 saturated heterocycles. The predicted molar refractivity (Wildman–Crippen MR) is 98.7 cm³/mol. The van der Waals surface area contributed by atoms with Gasteiger partial charge in [0.1, 0.15) is 0 Å². The van der Waals surface area contributed by atoms with Gasteiger partial charge in [-0.1, -0.05) is 40.2 Å². The topological polar surface area (TPSA) is 89.8 Å². The number of esters is 1. The number of hydrogen-bond donors (Lipinski definition) is 0. The summed E-state index contributed by atoms with van der Waals surface area (Å²) in [5.41, 5.74) is 1.22. The molecular formula is C18H17BrN2O5. The molecule has 0 aliphatic heterocycles. The molecule has 0 bridgehead atoms. The number of rotatable bonds is 6. The number of hydrogen-bond acceptors (Lipinski definition) is 5. The number of nitro groups is 1. The standard InChI is InChI=1S/C18H17BrN2O5/c1-12-7-8-13(9-16(12)21(24)25)18(23)26-11-17(22)20(2)10-14-5-3-4-6-15(14)19/h3-9H,10-11H2,1-2H3. The highest BCUT2D eigenvalue weighted by atomic mass is 79.9. The van der Waals surface area contributed by atoms with Gasteiger partial charge in [-0.3, -0.25) is 14.9 Å². The molecule has 0 aliphatic rings. The summed E-state index contributed by atoms with van der Waals surface area (Å²) in [5.74, 6) is -1.16. The first-order valence-corrected chi connectivity index (χ1v) is 8.48. The van der Waals surface area contributed by atoms with Gasteiger partial charge in [-0.25, -0.2) is 4.79 Å². The van der Waals surface area contributed by atoms with E-state index in [0.717, 1.165) is 16.1 Å². The molecule has 0 fully saturated rings. The van der Waals surface area contributed by atoms with E-state index in [1.807, 2.05) is 24.3 Å². The van der Waals surface area contributed by atoms with E-state index in [2.05, 4.69) is 15.9 Å². The number of aryl methyl sites for hydroxylation is 1. The smallest absolute Gasteiger partial charge is 0.338 e. The third kappa shape index (κ3) is 4.89. The number of likely N-dealkylation sites (N-methyl/N-ethyl adjacent to an activating group) is 1. The predicted octanol–water partition coefficient (Wildman–Crippen LogP) is 3.48. The monoisotopic (exact) mass is 420 g/mol. The van der Waals surface area contributed by atoms with Crippen LogP contribution >= 0.6 is 15.9 Å². The summed E-state index contributed by atoms with van der Waals surface area (Å²) in [6.07, 6.45) is 0. The third-order valence-corrected chi connectivity index (χ3v) is 4.53. The summed E-state index contributed by atoms with van der Waals surface area (Å²) in [5, 5.41) is 10.9. The lowest BCUT2D eigenvalue weighted by Gasteiger charge is -2.18. The number of nitrogens with zero attached hydrogens (tertiary/aromatic N) is 2. The van der Waals surface area contributed by atoms with Gasteiger partial charge in [0.25, 0.3) is 11.6 Å². The van der Waals surface area contributed by atoms with Gasteiger partial charge >= 0.3 is 5.97 Å². The normalized spacial score (nSPS) is 10.3. The first kappa shape index (κ1) is 19.6. The van der Waals surface area contributed by atoms with Crippen LogP contribution in [-0.2, 0) is 16.1 Å². The van der Waals surface area contributed by atoms with Crippen molar-refractivity contribution in [3.8, 4) is 0 Å². The molecule has 0 saturated carbocycles. The average molecular weight is 421 g/mol. The number of nitro benzene ring substituents is 1. The lowest BCUT2D eigenvalue weighted by atomic mass is 10.1. The minimum Gasteiger partial charge on any atom is -0.452 e. The van der Waals surface area contributed by atoms with Crippen LogP contribution in [0.4, 0.5) is 5.69 Å². The zero-order valence-electron chi connectivity index (χ0n) is 14.3. The summed E-state index contributed by atoms with van der Waals surface area (Å²) in [7, 11) is 1.60. The Morgan fingerprint density at radius 1 is 1.23 bits per heavy atom. The van der Waals surface area contributed by atoms with E-state index in [1.54, 1.807) is 14.0 Å². The van der Waals surface area contributed by atoms with Crippen molar-refractivity contribution in [3.63, 3.8) is 0 Å². The van der Waals surface area contributed by atoms with Gasteiger partial charge in [-0.05, 0) is 24.6 Å². The Labute approximate surface area is 158 Å². The van der Waals surface area contributed by atoms with Gasteiger partial charge in [0.2, 0.25) is 0 Å². The minimum atomic E-state index is -0.782. The molecule has 0 aromatic heterocycles. The summed E-state index contributed by atoms with van der Waals surface area (Å²) in [6.45, 7) is 1.49. The number of amides is 1. The molecule has 8 heteroatoms. The first-order valence-electron chi connectivity index (χ1n) is 7.69. The van der Waals surface area contributed by atoms with Crippen LogP contribution in [0, 0.1) is 17.0 Å². The van der Waals surface area contributed by atoms with Crippen molar-refractivity contribution >= 4 is 33.5 Å². The van der Waals surface area contributed by atoms with Crippen molar-refractivity contribution in [2.75, 3.05) is 13.7 Å². The number of carbonyl (C=O) groups excluding carboxylic acids is 2. The summed E-state index contributed by atoms with van der Waals surface area (Å²) >= 11 is 3.41. The summed E-state index contributed by atoms with van der Waals surface area (Å²) < 4.78 is 5.87. The van der Waals surface area contributed by atoms with E-state index in [0.29, 0.717) is 12.1 Å². The van der Waals surface area contributed by atoms with Gasteiger partial charge < -0.3 is 9.64 Å². The second-order valence-electron chi connectivity index (χ2n) is 5.68. The molecule has 1 amide bonds. The molecule has 2 aromatic carbocycles. The SMILES string of the molecule is Cc1ccc(C(=O)OCC(=O)N(C)Cc2ccccc2Br)cc1[N+](=O)[O-]. The second-order valence-corrected chi connectivity index (χ2v) is 6.53. The molecule has 26 heavy (non-hydrogen) atoms. The van der Waals surface area contributed by atoms with Crippen LogP contribution in [0.5, 0.6) is 0 Å². The highest BCUT2D eigenvalue weighted by Crippen LogP contribution is 2.20. The molecule has 0 N–H and O–H groups in total. The van der Waals surface area contributed by atoms with E-state index in [4.69, 9.17) is 4.74 Å². The fourth-order valence-corrected chi connectivity index (χ4v) is 2.63. The fraction of sp³-hybridized carbons (Fsp3) is 0.222. The van der Waals surface area contributed by atoms with E-state index in [9.17, 15) is 19.7 Å². The molecule has 0 unspecified atom stereocenters. The molecule has 0 heterocycles. The van der Waals surface area contributed by atoms with Crippen LogP contribution in [0.1, 0.15) is 21.5 Å². The van der Waals surface area contributed by atoms with Gasteiger partial charge in [0.15, 0.2) is 6.61 Å². The first-order chi connectivity index (χ1) is 12.3. The second kappa shape index (κ2) is 8.57. The molecule has 136 valence electrons. The zero-order valence-corrected chi connectivity index (χ0v) is 15.9. The Morgan fingerprint density at radius 3 is 2.58 bits per heavy atom. The lowest BCUT2D eigenvalue weighted by molar-refractivity contribution is -0.385. The van der Waals surface area contributed by atoms with Gasteiger partial charge in [-0.2, -0.15) is 0 Å². The van der Waals surface area contributed by atoms with Crippen molar-refractivity contribution in [2.24, 2.45) is 0 Å². The van der Waals surface area contributed by atoms with E-state index in [1.165, 1.54) is 17.0 Å². The number of ether oxygens (including phenoxy) is 1. The fourth-order valence-electron chi connectivity index (χ4n) is 2.22. The Kier molecular flexibility index (Phi) is 6.46. The summed E-state index contributed by atoms with van der Waals surface area (Å²) in [4.78, 5) is 36.0. The van der Waals surface area contributed by atoms with Gasteiger partial charge in [0, 0.05) is 29.7 Å². The number of halogens is 1. The average Bonchev–Trinajstić information content (AvgIpc) is 2.61. The maximum atomic E-state index is 12.1. The molecule has 2 rings (SSSR count). The number of carbonyl (C=O) groups is 2. The maximum Gasteiger partial charge on any atom is 0.338 e. The zero-order chi connectivity index (χ0) is 19.3. The molecular weight excluding hydrogens is 404 g/mol. The van der Waals surface area contributed by atoms with Crippen LogP contribution < -0.4 is 0 Å². The largest absolute Gasteiger partial charge is 0.452 e. The van der Waals surface area contributed by atoms with Crippen LogP contribution in [-0.4, -0.2) is 35.4 Å². The molecule has 0 radical (unpaired) electrons. The highest BCUT2D eigenvalue weighted by Gasteiger charge is 2.18. The molecule has 2 aromatic rings. The van der Waals surface area contributed by atoms with Crippen molar-refractivity contribution in [2.45, 2.75) is 13.5 Å². The highest BCUT2D eigenvalue weighted by molar-refractivity contribution is 9.10. The molecule has 0 spiro atoms. The van der Waals surface area contributed by atoms with Crippen LogP contribution in [0.15, 0.2) is 46.9 Å². The third-order valence-electron chi connectivity index (χ3n) is 3.76. The minimum absolute atomic E-state index is 0.0311. The quantitative estimate of drug-likeness (QED) is 0.405. The lowest BCUT2D eigenvalue weighted by Crippen LogP contribution is -2.31. The van der Waals surface area contributed by atoms with Gasteiger partial charge in [0.05, 0.1) is 10.5 Å². The van der Waals surface area contributed by atoms with Crippen LogP contribution in [0.3, 0.4) is 0 Å². The van der Waals surface area contributed by atoms with Crippen LogP contribution in [0.2, 0.25) is 0 Å². The van der Waals surface area contributed by atoms with E-state index >= 15 is 0 Å². The number of benzene rings is 2. The molecule has 7 nitrogen and oxygen atoms in total. The van der Waals surface area contributed by atoms with Crippen molar-refractivity contribution < 1.29 is 19.2 Å². The molecule has 0 aliphatic carbocycles. The van der Waals surface area contributed by atoms with E-state index in [-0.39, 0.29) is 17.2 Å². The van der Waals surface area contributed by atoms with Crippen molar-refractivity contribution in [1.82, 2.24) is 4.90 Å². The molecule has 0 atom stereocenters. The summed E-state index contributed by atoms with van der Waals surface area (Å²) in [6, 6.07) is 11.5. The van der Waals surface area contributed by atoms with Crippen molar-refractivity contribution in [1.29, 1.82) is 0 Å². The van der Waals surface area contributed by atoms with E-state index < -0.39 is 17.5 Å². The van der Waals surface area contributed by atoms with Gasteiger partial charge in [-0.15, -0.1) is 0 Å². The van der Waals surface area contributed by atoms with Crippen LogP contribution in [0.25, 0.3) is 0 Å². The Balaban J connectivity index is 1.96. The Bertz CT molecular complexity index is 853. The Hall–Kier alpha value is -2.74.